The third-order valence-electron chi connectivity index (χ3n) is 6.05. The molecule has 1 heterocycles. The number of carbonyl (C=O) groups excluding carboxylic acids is 2. The first-order valence-electron chi connectivity index (χ1n) is 13.7. The molecule has 248 valence electrons. The van der Waals surface area contributed by atoms with Crippen molar-refractivity contribution in [2.24, 2.45) is 0 Å². The van der Waals surface area contributed by atoms with Crippen molar-refractivity contribution >= 4 is 45.3 Å². The highest BCUT2D eigenvalue weighted by Crippen LogP contribution is 2.35. The number of alkyl halides is 6. The van der Waals surface area contributed by atoms with E-state index in [-0.39, 0.29) is 22.3 Å². The van der Waals surface area contributed by atoms with E-state index in [2.05, 4.69) is 25.1 Å². The summed E-state index contributed by atoms with van der Waals surface area (Å²) in [4.78, 5) is 36.4. The number of ether oxygens (including phenoxy) is 3. The fourth-order valence-corrected chi connectivity index (χ4v) is 5.74. The number of H-pyrrole nitrogens is 1. The van der Waals surface area contributed by atoms with Gasteiger partial charge in [-0.05, 0) is 68.4 Å². The Morgan fingerprint density at radius 2 is 1.64 bits per heavy atom. The summed E-state index contributed by atoms with van der Waals surface area (Å²) in [5.74, 6) is -3.46. The fourth-order valence-electron chi connectivity index (χ4n) is 3.99. The molecule has 0 fully saturated rings. The van der Waals surface area contributed by atoms with Gasteiger partial charge in [-0.2, -0.15) is 38.1 Å². The summed E-state index contributed by atoms with van der Waals surface area (Å²) in [5, 5.41) is 6.28. The lowest BCUT2D eigenvalue weighted by molar-refractivity contribution is -0.205. The maximum atomic E-state index is 13.0. The number of aromatic amines is 1. The summed E-state index contributed by atoms with van der Waals surface area (Å²) in [6.45, 7) is 4.20. The van der Waals surface area contributed by atoms with Gasteiger partial charge in [0.1, 0.15) is 17.4 Å². The van der Waals surface area contributed by atoms with E-state index in [4.69, 9.17) is 4.74 Å². The van der Waals surface area contributed by atoms with Gasteiger partial charge in [0.15, 0.2) is 5.75 Å². The molecule has 0 saturated carbocycles. The highest BCUT2D eigenvalue weighted by atomic mass is 32.2. The first-order valence-corrected chi connectivity index (χ1v) is 15.7. The van der Waals surface area contributed by atoms with Gasteiger partial charge >= 0.3 is 29.2 Å². The molecule has 3 N–H and O–H groups in total. The number of rotatable bonds is 17. The van der Waals surface area contributed by atoms with Gasteiger partial charge in [-0.15, -0.1) is 0 Å². The minimum absolute atomic E-state index is 0.0887. The SMILES string of the molecule is CCOc1ccc(CCNCCCSCCNC[C@H](OC(=O)C(F)(F)F)c2ccc(OC(=O)C(F)(F)F)c3[nH]c(=O)sc23)cc1. The molecule has 0 spiro atoms. The average Bonchev–Trinajstić information content (AvgIpc) is 3.37. The first kappa shape index (κ1) is 36.2. The lowest BCUT2D eigenvalue weighted by Crippen LogP contribution is -2.32. The van der Waals surface area contributed by atoms with Crippen LogP contribution in [0.5, 0.6) is 11.5 Å². The number of fused-ring (bicyclic) bond motifs is 1. The zero-order chi connectivity index (χ0) is 33.0. The number of thioether (sulfide) groups is 1. The third-order valence-corrected chi connectivity index (χ3v) is 8.05. The predicted molar refractivity (Wildman–Crippen MR) is 158 cm³/mol. The van der Waals surface area contributed by atoms with E-state index in [1.807, 2.05) is 31.2 Å². The number of aromatic nitrogens is 1. The molecule has 0 amide bonds. The highest BCUT2D eigenvalue weighted by molar-refractivity contribution is 7.99. The summed E-state index contributed by atoms with van der Waals surface area (Å²) in [6, 6.07) is 9.84. The molecule has 0 aliphatic carbocycles. The Hall–Kier alpha value is -3.28. The molecular weight excluding hydrogens is 652 g/mol. The van der Waals surface area contributed by atoms with Crippen molar-refractivity contribution in [1.29, 1.82) is 0 Å². The van der Waals surface area contributed by atoms with Crippen LogP contribution in [0.1, 0.15) is 30.6 Å². The number of halogens is 6. The summed E-state index contributed by atoms with van der Waals surface area (Å²) in [6.07, 6.45) is -10.5. The second-order valence-corrected chi connectivity index (χ2v) is 11.6. The van der Waals surface area contributed by atoms with Crippen LogP contribution < -0.4 is 25.0 Å². The molecule has 9 nitrogen and oxygen atoms in total. The van der Waals surface area contributed by atoms with Crippen molar-refractivity contribution in [3.63, 3.8) is 0 Å². The van der Waals surface area contributed by atoms with Crippen LogP contribution in [-0.4, -0.2) is 73.6 Å². The summed E-state index contributed by atoms with van der Waals surface area (Å²) < 4.78 is 91.4. The Labute approximate surface area is 262 Å². The number of thiazole rings is 1. The largest absolute Gasteiger partial charge is 0.494 e. The first-order chi connectivity index (χ1) is 21.3. The Bertz CT molecular complexity index is 1460. The number of hydrogen-bond donors (Lipinski definition) is 3. The smallest absolute Gasteiger partial charge is 0.491 e. The van der Waals surface area contributed by atoms with E-state index in [0.717, 1.165) is 49.6 Å². The molecule has 3 rings (SSSR count). The third kappa shape index (κ3) is 11.5. The van der Waals surface area contributed by atoms with E-state index in [1.165, 1.54) is 5.56 Å². The van der Waals surface area contributed by atoms with Gasteiger partial charge in [0.05, 0.1) is 11.3 Å². The van der Waals surface area contributed by atoms with Crippen LogP contribution in [0.15, 0.2) is 41.2 Å². The lowest BCUT2D eigenvalue weighted by atomic mass is 10.1. The van der Waals surface area contributed by atoms with Crippen molar-refractivity contribution in [3.8, 4) is 11.5 Å². The number of nitrogens with one attached hydrogen (secondary N) is 3. The van der Waals surface area contributed by atoms with Crippen molar-refractivity contribution in [2.45, 2.75) is 38.2 Å². The molecule has 0 saturated heterocycles. The maximum absolute atomic E-state index is 13.0. The molecule has 0 unspecified atom stereocenters. The van der Waals surface area contributed by atoms with Gasteiger partial charge in [0, 0.05) is 24.4 Å². The molecule has 0 aliphatic heterocycles. The lowest BCUT2D eigenvalue weighted by Gasteiger charge is -2.21. The van der Waals surface area contributed by atoms with Gasteiger partial charge in [-0.1, -0.05) is 23.5 Å². The van der Waals surface area contributed by atoms with E-state index in [9.17, 15) is 40.7 Å². The topological polar surface area (TPSA) is 119 Å². The number of hydrogen-bond acceptors (Lipinski definition) is 10. The molecule has 17 heteroatoms. The quantitative estimate of drug-likeness (QED) is 0.0769. The van der Waals surface area contributed by atoms with Crippen LogP contribution in [0.25, 0.3) is 10.2 Å². The van der Waals surface area contributed by atoms with Crippen LogP contribution in [0.4, 0.5) is 26.3 Å². The molecular formula is C28H31F6N3O6S2. The molecule has 3 aromatic rings. The fraction of sp³-hybridized carbons (Fsp3) is 0.464. The zero-order valence-electron chi connectivity index (χ0n) is 23.9. The number of carbonyl (C=O) groups is 2. The van der Waals surface area contributed by atoms with E-state index < -0.39 is 41.0 Å². The normalized spacial score (nSPS) is 12.7. The summed E-state index contributed by atoms with van der Waals surface area (Å²) in [5.41, 5.74) is 0.754. The zero-order valence-corrected chi connectivity index (χ0v) is 25.6. The molecule has 1 aromatic heterocycles. The molecule has 45 heavy (non-hydrogen) atoms. The van der Waals surface area contributed by atoms with Crippen molar-refractivity contribution < 1.29 is 50.1 Å². The summed E-state index contributed by atoms with van der Waals surface area (Å²) in [7, 11) is 0. The van der Waals surface area contributed by atoms with Gasteiger partial charge in [-0.25, -0.2) is 9.59 Å². The Balaban J connectivity index is 1.49. The van der Waals surface area contributed by atoms with E-state index in [0.29, 0.717) is 30.2 Å². The predicted octanol–water partition coefficient (Wildman–Crippen LogP) is 5.15. The maximum Gasteiger partial charge on any atom is 0.491 e. The van der Waals surface area contributed by atoms with Crippen molar-refractivity contribution in [3.05, 3.63) is 57.2 Å². The van der Waals surface area contributed by atoms with Crippen LogP contribution in [0.3, 0.4) is 0 Å². The minimum Gasteiger partial charge on any atom is -0.494 e. The monoisotopic (exact) mass is 683 g/mol. The van der Waals surface area contributed by atoms with Gasteiger partial charge < -0.3 is 29.8 Å². The Kier molecular flexibility index (Phi) is 13.6. The number of esters is 2. The van der Waals surface area contributed by atoms with Gasteiger partial charge in [0.2, 0.25) is 0 Å². The van der Waals surface area contributed by atoms with Crippen molar-refractivity contribution in [1.82, 2.24) is 15.6 Å². The summed E-state index contributed by atoms with van der Waals surface area (Å²) >= 11 is 2.06. The minimum atomic E-state index is -5.33. The molecule has 1 atom stereocenters. The van der Waals surface area contributed by atoms with Crippen molar-refractivity contribution in [2.75, 3.05) is 44.3 Å². The van der Waals surface area contributed by atoms with Gasteiger partial charge in [-0.3, -0.25) is 4.79 Å². The number of benzene rings is 2. The second kappa shape index (κ2) is 16.9. The molecule has 0 bridgehead atoms. The van der Waals surface area contributed by atoms with Crippen LogP contribution in [0, 0.1) is 0 Å². The van der Waals surface area contributed by atoms with Crippen LogP contribution in [0.2, 0.25) is 0 Å². The van der Waals surface area contributed by atoms with Crippen LogP contribution >= 0.6 is 23.1 Å². The standard InChI is InChI=1S/C28H31F6N3O6S2/c1-2-41-18-6-4-17(5-7-18)10-12-35-11-3-14-44-15-13-36-16-21(43-25(39)28(32,33)34)19-8-9-20(42-24(38)27(29,30)31)22-23(19)45-26(40)37-22/h4-9,21,35-36H,2-3,10-16H2,1H3,(H,37,40)/t21-/m0/s1. The second-order valence-electron chi connectivity index (χ2n) is 9.40. The Morgan fingerprint density at radius 3 is 2.31 bits per heavy atom. The molecule has 2 aromatic carbocycles. The van der Waals surface area contributed by atoms with E-state index in [1.54, 1.807) is 11.8 Å². The average molecular weight is 684 g/mol. The highest BCUT2D eigenvalue weighted by Gasteiger charge is 2.43. The molecule has 0 radical (unpaired) electrons. The Morgan fingerprint density at radius 1 is 0.933 bits per heavy atom. The van der Waals surface area contributed by atoms with Gasteiger partial charge in [0.25, 0.3) is 0 Å². The molecule has 0 aliphatic rings. The van der Waals surface area contributed by atoms with Crippen LogP contribution in [-0.2, 0) is 20.7 Å². The van der Waals surface area contributed by atoms with E-state index >= 15 is 0 Å².